The Morgan fingerprint density at radius 2 is 1.91 bits per heavy atom. The Morgan fingerprint density at radius 1 is 1.18 bits per heavy atom. The first-order valence-corrected chi connectivity index (χ1v) is 14.2. The van der Waals surface area contributed by atoms with Crippen LogP contribution in [0.25, 0.3) is 22.2 Å². The molecule has 33 heavy (non-hydrogen) atoms. The van der Waals surface area contributed by atoms with Gasteiger partial charge < -0.3 is 9.54 Å². The second kappa shape index (κ2) is 10.1. The molecule has 4 rings (SSSR count). The molecule has 1 fully saturated rings. The van der Waals surface area contributed by atoms with Gasteiger partial charge in [0.15, 0.2) is 0 Å². The summed E-state index contributed by atoms with van der Waals surface area (Å²) in [6.07, 6.45) is 6.14. The first-order chi connectivity index (χ1) is 15.7. The maximum absolute atomic E-state index is 13.2. The molecule has 1 heterocycles. The fraction of sp³-hybridized carbons (Fsp3) is 0.348. The third kappa shape index (κ3) is 5.55. The van der Waals surface area contributed by atoms with E-state index in [1.807, 2.05) is 24.3 Å². The summed E-state index contributed by atoms with van der Waals surface area (Å²) in [4.78, 5) is 15.7. The summed E-state index contributed by atoms with van der Waals surface area (Å²) in [5.74, 6) is -0.386. The third-order valence-electron chi connectivity index (χ3n) is 5.84. The van der Waals surface area contributed by atoms with Crippen molar-refractivity contribution in [1.29, 1.82) is 0 Å². The van der Waals surface area contributed by atoms with E-state index in [0.29, 0.717) is 16.8 Å². The summed E-state index contributed by atoms with van der Waals surface area (Å²) in [6.45, 7) is 0. The van der Waals surface area contributed by atoms with Crippen molar-refractivity contribution in [2.24, 2.45) is 0 Å². The lowest BCUT2D eigenvalue weighted by molar-refractivity contribution is -0.118. The van der Waals surface area contributed by atoms with Crippen molar-refractivity contribution in [2.75, 3.05) is 6.26 Å². The number of fused-ring (bicyclic) bond motifs is 1. The highest BCUT2D eigenvalue weighted by Crippen LogP contribution is 2.34. The lowest BCUT2D eigenvalue weighted by Crippen LogP contribution is -2.36. The molecule has 1 atom stereocenters. The molecule has 2 aromatic carbocycles. The topological polar surface area (TPSA) is 114 Å². The van der Waals surface area contributed by atoms with Crippen molar-refractivity contribution < 1.29 is 17.8 Å². The Bertz CT molecular complexity index is 1270. The number of rotatable bonds is 7. The normalized spacial score (nSPS) is 16.1. The number of halogens is 1. The molecule has 0 saturated heterocycles. The summed E-state index contributed by atoms with van der Waals surface area (Å²) in [5.41, 5.74) is 2.73. The van der Waals surface area contributed by atoms with Crippen LogP contribution < -0.4 is 9.44 Å². The number of aromatic nitrogens is 1. The van der Waals surface area contributed by atoms with Gasteiger partial charge in [-0.25, -0.2) is 13.1 Å². The Labute approximate surface area is 201 Å². The van der Waals surface area contributed by atoms with Crippen LogP contribution >= 0.6 is 11.6 Å². The predicted octanol–water partition coefficient (Wildman–Crippen LogP) is 4.05. The molecule has 0 spiro atoms. The molecule has 1 unspecified atom stereocenters. The fourth-order valence-electron chi connectivity index (χ4n) is 4.36. The molecule has 1 aromatic heterocycles. The molecule has 1 aliphatic rings. The van der Waals surface area contributed by atoms with Gasteiger partial charge in [-0.05, 0) is 42.2 Å². The third-order valence-corrected chi connectivity index (χ3v) is 8.36. The van der Waals surface area contributed by atoms with Crippen LogP contribution in [-0.4, -0.2) is 36.2 Å². The van der Waals surface area contributed by atoms with Gasteiger partial charge >= 0.3 is 0 Å². The Balaban J connectivity index is 1.74. The average Bonchev–Trinajstić information content (AvgIpc) is 3.12. The second-order valence-corrected chi connectivity index (χ2v) is 11.5. The molecule has 10 heteroatoms. The molecule has 3 aromatic rings. The average molecular weight is 508 g/mol. The van der Waals surface area contributed by atoms with Crippen molar-refractivity contribution >= 4 is 49.8 Å². The molecular weight excluding hydrogens is 482 g/mol. The zero-order valence-electron chi connectivity index (χ0n) is 18.2. The zero-order chi connectivity index (χ0) is 23.6. The number of aromatic amines is 1. The summed E-state index contributed by atoms with van der Waals surface area (Å²) >= 11 is 4.84. The SMILES string of the molecule is C[S+]([O-])NC(=O)Cc1c(-c2ccc(Cl)c(S(=O)(=O)NC3CCCCC3)c2)[nH]c2ccccc12. The maximum Gasteiger partial charge on any atom is 0.265 e. The Morgan fingerprint density at radius 3 is 2.64 bits per heavy atom. The Kier molecular flexibility index (Phi) is 7.35. The van der Waals surface area contributed by atoms with Gasteiger partial charge in [-0.3, -0.25) is 4.79 Å². The molecule has 0 aliphatic heterocycles. The first kappa shape index (κ1) is 24.1. The van der Waals surface area contributed by atoms with Gasteiger partial charge in [0, 0.05) is 16.9 Å². The van der Waals surface area contributed by atoms with Crippen LogP contribution in [0.15, 0.2) is 47.4 Å². The highest BCUT2D eigenvalue weighted by molar-refractivity contribution is 7.89. The predicted molar refractivity (Wildman–Crippen MR) is 132 cm³/mol. The Hall–Kier alpha value is -2.04. The lowest BCUT2D eigenvalue weighted by atomic mass is 9.96. The van der Waals surface area contributed by atoms with Crippen molar-refractivity contribution in [3.8, 4) is 11.3 Å². The quantitative estimate of drug-likeness (QED) is 0.418. The number of nitrogens with one attached hydrogen (secondary N) is 3. The van der Waals surface area contributed by atoms with Crippen molar-refractivity contribution in [3.05, 3.63) is 53.1 Å². The van der Waals surface area contributed by atoms with Gasteiger partial charge in [-0.1, -0.05) is 55.1 Å². The van der Waals surface area contributed by atoms with E-state index in [4.69, 9.17) is 11.6 Å². The van der Waals surface area contributed by atoms with Crippen molar-refractivity contribution in [2.45, 2.75) is 49.5 Å². The highest BCUT2D eigenvalue weighted by atomic mass is 35.5. The first-order valence-electron chi connectivity index (χ1n) is 10.8. The van der Waals surface area contributed by atoms with Gasteiger partial charge in [-0.2, -0.15) is 4.72 Å². The molecule has 1 saturated carbocycles. The number of amides is 1. The summed E-state index contributed by atoms with van der Waals surface area (Å²) in [5, 5.41) is 0.975. The van der Waals surface area contributed by atoms with E-state index in [1.54, 1.807) is 12.1 Å². The smallest absolute Gasteiger partial charge is 0.265 e. The number of sulfonamides is 1. The summed E-state index contributed by atoms with van der Waals surface area (Å²) < 4.78 is 43.0. The minimum atomic E-state index is -3.82. The summed E-state index contributed by atoms with van der Waals surface area (Å²) in [7, 11) is -3.82. The molecule has 1 aliphatic carbocycles. The van der Waals surface area contributed by atoms with Crippen LogP contribution in [0.5, 0.6) is 0 Å². The maximum atomic E-state index is 13.2. The number of hydrogen-bond acceptors (Lipinski definition) is 4. The van der Waals surface area contributed by atoms with E-state index >= 15 is 0 Å². The number of benzene rings is 2. The summed E-state index contributed by atoms with van der Waals surface area (Å²) in [6, 6.07) is 12.2. The largest absolute Gasteiger partial charge is 0.593 e. The standard InChI is InChI=1S/C23H26ClN3O4S2/c1-32(29)26-22(28)14-18-17-9-5-6-10-20(17)25-23(18)15-11-12-19(24)21(13-15)33(30,31)27-16-7-3-2-4-8-16/h5-6,9-13,16,25,27H,2-4,7-8,14H2,1H3,(H,26,28). The molecule has 0 radical (unpaired) electrons. The van der Waals surface area contributed by atoms with Crippen molar-refractivity contribution in [1.82, 2.24) is 14.4 Å². The van der Waals surface area contributed by atoms with Crippen LogP contribution in [0.3, 0.4) is 0 Å². The molecule has 1 amide bonds. The molecule has 7 nitrogen and oxygen atoms in total. The van der Waals surface area contributed by atoms with E-state index in [-0.39, 0.29) is 28.3 Å². The van der Waals surface area contributed by atoms with Crippen LogP contribution in [-0.2, 0) is 32.6 Å². The monoisotopic (exact) mass is 507 g/mol. The molecule has 176 valence electrons. The minimum Gasteiger partial charge on any atom is -0.593 e. The van der Waals surface area contributed by atoms with Crippen LogP contribution in [0.1, 0.15) is 37.7 Å². The fourth-order valence-corrected chi connectivity index (χ4v) is 6.58. The van der Waals surface area contributed by atoms with E-state index in [0.717, 1.165) is 43.0 Å². The van der Waals surface area contributed by atoms with Crippen molar-refractivity contribution in [3.63, 3.8) is 0 Å². The van der Waals surface area contributed by atoms with E-state index in [9.17, 15) is 17.8 Å². The highest BCUT2D eigenvalue weighted by Gasteiger charge is 2.25. The van der Waals surface area contributed by atoms with E-state index < -0.39 is 21.4 Å². The number of carbonyl (C=O) groups excluding carboxylic acids is 1. The van der Waals surface area contributed by atoms with E-state index in [1.165, 1.54) is 12.3 Å². The second-order valence-electron chi connectivity index (χ2n) is 8.28. The van der Waals surface area contributed by atoms with Gasteiger partial charge in [0.25, 0.3) is 5.91 Å². The van der Waals surface area contributed by atoms with Gasteiger partial charge in [0.1, 0.15) is 11.2 Å². The molecule has 3 N–H and O–H groups in total. The van der Waals surface area contributed by atoms with Gasteiger partial charge in [-0.15, -0.1) is 0 Å². The zero-order valence-corrected chi connectivity index (χ0v) is 20.6. The van der Waals surface area contributed by atoms with Crippen LogP contribution in [0.2, 0.25) is 5.02 Å². The van der Waals surface area contributed by atoms with Crippen LogP contribution in [0.4, 0.5) is 0 Å². The number of H-pyrrole nitrogens is 1. The number of hydrogen-bond donors (Lipinski definition) is 3. The molecular formula is C23H26ClN3O4S2. The number of para-hydroxylation sites is 1. The number of carbonyl (C=O) groups is 1. The van der Waals surface area contributed by atoms with Gasteiger partial charge in [0.05, 0.1) is 28.5 Å². The van der Waals surface area contributed by atoms with E-state index in [2.05, 4.69) is 14.4 Å². The van der Waals surface area contributed by atoms with Gasteiger partial charge in [0.2, 0.25) is 10.0 Å². The molecule has 0 bridgehead atoms. The van der Waals surface area contributed by atoms with Crippen LogP contribution in [0, 0.1) is 0 Å². The lowest BCUT2D eigenvalue weighted by Gasteiger charge is -2.23. The minimum absolute atomic E-state index is 0.00996.